The highest BCUT2D eigenvalue weighted by Crippen LogP contribution is 2.27. The zero-order valence-corrected chi connectivity index (χ0v) is 9.64. The molecule has 92 valence electrons. The van der Waals surface area contributed by atoms with Gasteiger partial charge in [0.05, 0.1) is 0 Å². The number of benzene rings is 1. The molecule has 0 atom stereocenters. The topological polar surface area (TPSA) is 69.4 Å². The number of hydrogen-bond acceptors (Lipinski definition) is 3. The van der Waals surface area contributed by atoms with Gasteiger partial charge in [-0.15, -0.1) is 5.92 Å². The number of ether oxygens (including phenoxy) is 1. The van der Waals surface area contributed by atoms with E-state index in [1.54, 1.807) is 0 Å². The number of rotatable bonds is 3. The van der Waals surface area contributed by atoms with Gasteiger partial charge in [-0.25, -0.2) is 22.3 Å². The third kappa shape index (κ3) is 3.41. The fourth-order valence-electron chi connectivity index (χ4n) is 1.07. The Kier molecular flexibility index (Phi) is 4.04. The number of halogens is 2. The summed E-state index contributed by atoms with van der Waals surface area (Å²) in [5.74, 6) is 2.09. The Balaban J connectivity index is 3.29. The minimum atomic E-state index is -4.27. The van der Waals surface area contributed by atoms with Gasteiger partial charge in [-0.05, 0) is 13.0 Å². The molecule has 0 saturated heterocycles. The molecule has 0 saturated carbocycles. The molecule has 0 fully saturated rings. The summed E-state index contributed by atoms with van der Waals surface area (Å²) in [6, 6.07) is 1.09. The number of primary sulfonamides is 1. The first-order chi connectivity index (χ1) is 7.86. The van der Waals surface area contributed by atoms with Gasteiger partial charge in [0, 0.05) is 6.07 Å². The van der Waals surface area contributed by atoms with Crippen LogP contribution in [0.25, 0.3) is 0 Å². The summed E-state index contributed by atoms with van der Waals surface area (Å²) in [6.07, 6.45) is 0. The summed E-state index contributed by atoms with van der Waals surface area (Å²) < 4.78 is 53.3. The zero-order valence-electron chi connectivity index (χ0n) is 8.83. The fourth-order valence-corrected chi connectivity index (χ4v) is 1.76. The van der Waals surface area contributed by atoms with Crippen LogP contribution < -0.4 is 9.88 Å². The Bertz CT molecular complexity index is 588. The van der Waals surface area contributed by atoms with E-state index in [2.05, 4.69) is 11.8 Å². The number of sulfonamides is 1. The predicted molar refractivity (Wildman–Crippen MR) is 56.7 cm³/mol. The minimum absolute atomic E-state index is 0.221. The van der Waals surface area contributed by atoms with Gasteiger partial charge in [0.2, 0.25) is 10.0 Å². The van der Waals surface area contributed by atoms with Crippen LogP contribution in [0.2, 0.25) is 0 Å². The molecule has 0 unspecified atom stereocenters. The molecule has 1 aromatic carbocycles. The van der Waals surface area contributed by atoms with Gasteiger partial charge in [-0.3, -0.25) is 0 Å². The van der Waals surface area contributed by atoms with Crippen molar-refractivity contribution in [2.75, 3.05) is 6.61 Å². The van der Waals surface area contributed by atoms with Gasteiger partial charge >= 0.3 is 0 Å². The number of nitrogens with two attached hydrogens (primary N) is 1. The second kappa shape index (κ2) is 5.12. The average Bonchev–Trinajstić information content (AvgIpc) is 2.19. The first kappa shape index (κ1) is 13.4. The van der Waals surface area contributed by atoms with E-state index in [4.69, 9.17) is 9.88 Å². The molecule has 2 N–H and O–H groups in total. The number of hydrogen-bond donors (Lipinski definition) is 1. The van der Waals surface area contributed by atoms with Crippen LogP contribution in [-0.4, -0.2) is 15.0 Å². The molecule has 0 heterocycles. The highest BCUT2D eigenvalue weighted by Gasteiger charge is 2.21. The standard InChI is InChI=1S/C10H9F2NO3S/c1-2-3-4-16-10-8(12)5-7(11)6-9(10)17(13,14)15/h5-6H,4H2,1H3,(H2,13,14,15). The van der Waals surface area contributed by atoms with E-state index < -0.39 is 32.3 Å². The van der Waals surface area contributed by atoms with Crippen molar-refractivity contribution in [1.29, 1.82) is 0 Å². The first-order valence-electron chi connectivity index (χ1n) is 4.40. The Morgan fingerprint density at radius 2 is 2.06 bits per heavy atom. The lowest BCUT2D eigenvalue weighted by Gasteiger charge is -2.09. The molecular formula is C10H9F2NO3S. The second-order valence-electron chi connectivity index (χ2n) is 2.98. The lowest BCUT2D eigenvalue weighted by molar-refractivity contribution is 0.335. The van der Waals surface area contributed by atoms with Crippen molar-refractivity contribution >= 4 is 10.0 Å². The summed E-state index contributed by atoms with van der Waals surface area (Å²) in [7, 11) is -4.27. The van der Waals surface area contributed by atoms with Crippen molar-refractivity contribution in [3.63, 3.8) is 0 Å². The van der Waals surface area contributed by atoms with E-state index >= 15 is 0 Å². The van der Waals surface area contributed by atoms with E-state index in [0.717, 1.165) is 0 Å². The third-order valence-electron chi connectivity index (χ3n) is 1.75. The average molecular weight is 261 g/mol. The van der Waals surface area contributed by atoms with Crippen molar-refractivity contribution in [3.8, 4) is 17.6 Å². The molecule has 1 rings (SSSR count). The molecule has 1 aromatic rings. The maximum absolute atomic E-state index is 13.3. The van der Waals surface area contributed by atoms with Crippen LogP contribution >= 0.6 is 0 Å². The van der Waals surface area contributed by atoms with E-state index in [-0.39, 0.29) is 6.61 Å². The Hall–Kier alpha value is -1.65. The van der Waals surface area contributed by atoms with Crippen molar-refractivity contribution in [1.82, 2.24) is 0 Å². The maximum Gasteiger partial charge on any atom is 0.241 e. The molecule has 0 aliphatic rings. The molecule has 0 spiro atoms. The largest absolute Gasteiger partial charge is 0.476 e. The normalized spacial score (nSPS) is 10.6. The smallest absolute Gasteiger partial charge is 0.241 e. The predicted octanol–water partition coefficient (Wildman–Crippen LogP) is 1.01. The van der Waals surface area contributed by atoms with Gasteiger partial charge in [0.25, 0.3) is 0 Å². The van der Waals surface area contributed by atoms with Gasteiger partial charge < -0.3 is 4.74 Å². The molecule has 0 radical (unpaired) electrons. The van der Waals surface area contributed by atoms with E-state index in [1.807, 2.05) is 0 Å². The van der Waals surface area contributed by atoms with Crippen LogP contribution in [0.3, 0.4) is 0 Å². The monoisotopic (exact) mass is 261 g/mol. The molecule has 4 nitrogen and oxygen atoms in total. The molecule has 0 aliphatic heterocycles. The second-order valence-corrected chi connectivity index (χ2v) is 4.51. The molecule has 7 heteroatoms. The van der Waals surface area contributed by atoms with Crippen molar-refractivity contribution in [2.24, 2.45) is 5.14 Å². The molecular weight excluding hydrogens is 252 g/mol. The van der Waals surface area contributed by atoms with Crippen molar-refractivity contribution in [2.45, 2.75) is 11.8 Å². The fraction of sp³-hybridized carbons (Fsp3) is 0.200. The summed E-state index contributed by atoms with van der Waals surface area (Å²) in [6.45, 7) is 1.31. The summed E-state index contributed by atoms with van der Waals surface area (Å²) in [5, 5.41) is 4.82. The van der Waals surface area contributed by atoms with Gasteiger partial charge in [0.1, 0.15) is 17.3 Å². The first-order valence-corrected chi connectivity index (χ1v) is 5.95. The van der Waals surface area contributed by atoms with Crippen LogP contribution in [0.15, 0.2) is 17.0 Å². The highest BCUT2D eigenvalue weighted by atomic mass is 32.2. The van der Waals surface area contributed by atoms with Crippen molar-refractivity contribution < 1.29 is 21.9 Å². The van der Waals surface area contributed by atoms with Gasteiger partial charge in [-0.1, -0.05) is 5.92 Å². The Labute approximate surface area is 97.4 Å². The SMILES string of the molecule is CC#CCOc1c(F)cc(F)cc1S(N)(=O)=O. The van der Waals surface area contributed by atoms with Crippen molar-refractivity contribution in [3.05, 3.63) is 23.8 Å². The summed E-state index contributed by atoms with van der Waals surface area (Å²) in [5.41, 5.74) is 0. The van der Waals surface area contributed by atoms with Crippen LogP contribution in [0.5, 0.6) is 5.75 Å². The third-order valence-corrected chi connectivity index (χ3v) is 2.66. The van der Waals surface area contributed by atoms with Gasteiger partial charge in [-0.2, -0.15) is 0 Å². The zero-order chi connectivity index (χ0) is 13.1. The van der Waals surface area contributed by atoms with E-state index in [1.165, 1.54) is 6.92 Å². The quantitative estimate of drug-likeness (QED) is 0.826. The Morgan fingerprint density at radius 1 is 1.41 bits per heavy atom. The lowest BCUT2D eigenvalue weighted by atomic mass is 10.3. The maximum atomic E-state index is 13.3. The van der Waals surface area contributed by atoms with Crippen LogP contribution in [0.1, 0.15) is 6.92 Å². The molecule has 17 heavy (non-hydrogen) atoms. The highest BCUT2D eigenvalue weighted by molar-refractivity contribution is 7.89. The van der Waals surface area contributed by atoms with Crippen LogP contribution in [0.4, 0.5) is 8.78 Å². The molecule has 0 amide bonds. The summed E-state index contributed by atoms with van der Waals surface area (Å²) >= 11 is 0. The van der Waals surface area contributed by atoms with E-state index in [0.29, 0.717) is 12.1 Å². The molecule has 0 aliphatic carbocycles. The molecule has 0 aromatic heterocycles. The molecule has 0 bridgehead atoms. The van der Waals surface area contributed by atoms with Crippen LogP contribution in [-0.2, 0) is 10.0 Å². The lowest BCUT2D eigenvalue weighted by Crippen LogP contribution is -2.15. The van der Waals surface area contributed by atoms with Gasteiger partial charge in [0.15, 0.2) is 11.6 Å². The minimum Gasteiger partial charge on any atom is -0.476 e. The Morgan fingerprint density at radius 3 is 2.59 bits per heavy atom. The van der Waals surface area contributed by atoms with Crippen LogP contribution in [0, 0.1) is 23.5 Å². The van der Waals surface area contributed by atoms with E-state index in [9.17, 15) is 17.2 Å². The summed E-state index contributed by atoms with van der Waals surface area (Å²) in [4.78, 5) is -0.743.